The van der Waals surface area contributed by atoms with Crippen molar-refractivity contribution in [2.45, 2.75) is 19.9 Å². The van der Waals surface area contributed by atoms with Gasteiger partial charge in [-0.05, 0) is 38.1 Å². The molecule has 0 fully saturated rings. The first kappa shape index (κ1) is 10.4. The first-order valence-electron chi connectivity index (χ1n) is 4.51. The molecule has 0 aliphatic carbocycles. The first-order valence-corrected chi connectivity index (χ1v) is 4.51. The summed E-state index contributed by atoms with van der Waals surface area (Å²) in [6.45, 7) is 4.13. The van der Waals surface area contributed by atoms with Crippen molar-refractivity contribution < 1.29 is 4.79 Å². The van der Waals surface area contributed by atoms with Crippen molar-refractivity contribution in [2.24, 2.45) is 5.73 Å². The second-order valence-electron chi connectivity index (χ2n) is 3.37. The lowest BCUT2D eigenvalue weighted by atomic mass is 10.2. The number of nitrogens with one attached hydrogen (secondary N) is 2. The van der Waals surface area contributed by atoms with E-state index in [0.717, 1.165) is 5.69 Å². The summed E-state index contributed by atoms with van der Waals surface area (Å²) in [5.41, 5.74) is 6.70. The highest BCUT2D eigenvalue weighted by atomic mass is 16.2. The number of amides is 2. The lowest BCUT2D eigenvalue weighted by Gasteiger charge is -2.10. The van der Waals surface area contributed by atoms with Crippen LogP contribution < -0.4 is 16.4 Å². The zero-order chi connectivity index (χ0) is 10.6. The Balaban J connectivity index is 2.63. The molecule has 0 aromatic heterocycles. The van der Waals surface area contributed by atoms with Crippen LogP contribution in [-0.4, -0.2) is 12.1 Å². The Labute approximate surface area is 83.5 Å². The van der Waals surface area contributed by atoms with E-state index in [2.05, 4.69) is 24.5 Å². The molecular formula is C10H15N3O. The minimum absolute atomic E-state index is 0.393. The molecule has 1 aromatic carbocycles. The maximum absolute atomic E-state index is 10.5. The second kappa shape index (κ2) is 4.50. The molecule has 0 unspecified atom stereocenters. The lowest BCUT2D eigenvalue weighted by molar-refractivity contribution is 0.259. The number of nitrogens with two attached hydrogens (primary N) is 1. The van der Waals surface area contributed by atoms with E-state index in [-0.39, 0.29) is 0 Å². The third kappa shape index (κ3) is 3.35. The molecule has 0 radical (unpaired) electrons. The van der Waals surface area contributed by atoms with Gasteiger partial charge in [0.05, 0.1) is 0 Å². The van der Waals surface area contributed by atoms with Crippen molar-refractivity contribution in [3.8, 4) is 0 Å². The molecule has 1 aromatic rings. The quantitative estimate of drug-likeness (QED) is 0.687. The third-order valence-electron chi connectivity index (χ3n) is 1.61. The number of rotatable bonds is 3. The number of anilines is 2. The Hall–Kier alpha value is -1.71. The summed E-state index contributed by atoms with van der Waals surface area (Å²) in [5.74, 6) is 0. The fourth-order valence-electron chi connectivity index (χ4n) is 1.13. The lowest BCUT2D eigenvalue weighted by Crippen LogP contribution is -2.19. The summed E-state index contributed by atoms with van der Waals surface area (Å²) in [6, 6.07) is 7.24. The Morgan fingerprint density at radius 1 is 1.21 bits per heavy atom. The predicted octanol–water partition coefficient (Wildman–Crippen LogP) is 2.00. The number of carbonyl (C=O) groups excluding carboxylic acids is 1. The Kier molecular flexibility index (Phi) is 3.34. The number of hydrogen-bond acceptors (Lipinski definition) is 2. The van der Waals surface area contributed by atoms with E-state index in [1.54, 1.807) is 12.1 Å². The van der Waals surface area contributed by atoms with Crippen molar-refractivity contribution >= 4 is 17.4 Å². The SMILES string of the molecule is CC(C)Nc1ccc(NC(N)=O)cc1. The minimum atomic E-state index is -0.547. The van der Waals surface area contributed by atoms with Crippen molar-refractivity contribution in [1.29, 1.82) is 0 Å². The highest BCUT2D eigenvalue weighted by Gasteiger charge is 1.97. The molecule has 4 heteroatoms. The highest BCUT2D eigenvalue weighted by Crippen LogP contribution is 2.13. The first-order chi connectivity index (χ1) is 6.58. The summed E-state index contributed by atoms with van der Waals surface area (Å²) in [6.07, 6.45) is 0. The van der Waals surface area contributed by atoms with Crippen LogP contribution >= 0.6 is 0 Å². The molecule has 4 N–H and O–H groups in total. The largest absolute Gasteiger partial charge is 0.383 e. The Morgan fingerprint density at radius 3 is 2.14 bits per heavy atom. The van der Waals surface area contributed by atoms with Gasteiger partial charge >= 0.3 is 6.03 Å². The average Bonchev–Trinajstić information content (AvgIpc) is 2.06. The number of primary amides is 1. The van der Waals surface area contributed by atoms with Gasteiger partial charge in [-0.1, -0.05) is 0 Å². The minimum Gasteiger partial charge on any atom is -0.383 e. The number of hydrogen-bond donors (Lipinski definition) is 3. The van der Waals surface area contributed by atoms with Crippen LogP contribution in [0.1, 0.15) is 13.8 Å². The smallest absolute Gasteiger partial charge is 0.316 e. The van der Waals surface area contributed by atoms with Gasteiger partial charge in [0.1, 0.15) is 0 Å². The van der Waals surface area contributed by atoms with E-state index in [0.29, 0.717) is 11.7 Å². The summed E-state index contributed by atoms with van der Waals surface area (Å²) in [7, 11) is 0. The van der Waals surface area contributed by atoms with Crippen molar-refractivity contribution in [3.63, 3.8) is 0 Å². The molecule has 0 aliphatic rings. The van der Waals surface area contributed by atoms with E-state index >= 15 is 0 Å². The molecular weight excluding hydrogens is 178 g/mol. The van der Waals surface area contributed by atoms with Gasteiger partial charge in [-0.25, -0.2) is 4.79 Å². The number of benzene rings is 1. The van der Waals surface area contributed by atoms with Crippen LogP contribution in [0.3, 0.4) is 0 Å². The summed E-state index contributed by atoms with van der Waals surface area (Å²) < 4.78 is 0. The molecule has 4 nitrogen and oxygen atoms in total. The molecule has 0 spiro atoms. The third-order valence-corrected chi connectivity index (χ3v) is 1.61. The van der Waals surface area contributed by atoms with Crippen LogP contribution in [0.15, 0.2) is 24.3 Å². The molecule has 0 heterocycles. The molecule has 76 valence electrons. The maximum Gasteiger partial charge on any atom is 0.316 e. The topological polar surface area (TPSA) is 67.2 Å². The summed E-state index contributed by atoms with van der Waals surface area (Å²) in [4.78, 5) is 10.5. The van der Waals surface area contributed by atoms with Gasteiger partial charge in [0.15, 0.2) is 0 Å². The monoisotopic (exact) mass is 193 g/mol. The molecule has 0 bridgehead atoms. The van der Waals surface area contributed by atoms with Gasteiger partial charge in [0.2, 0.25) is 0 Å². The van der Waals surface area contributed by atoms with Crippen LogP contribution in [0.4, 0.5) is 16.2 Å². The number of carbonyl (C=O) groups is 1. The van der Waals surface area contributed by atoms with Crippen LogP contribution in [0.25, 0.3) is 0 Å². The molecule has 0 aliphatic heterocycles. The van der Waals surface area contributed by atoms with Gasteiger partial charge in [-0.15, -0.1) is 0 Å². The molecule has 0 saturated heterocycles. The van der Waals surface area contributed by atoms with E-state index in [4.69, 9.17) is 5.73 Å². The Morgan fingerprint density at radius 2 is 1.71 bits per heavy atom. The van der Waals surface area contributed by atoms with Gasteiger partial charge in [0, 0.05) is 17.4 Å². The summed E-state index contributed by atoms with van der Waals surface area (Å²) >= 11 is 0. The van der Waals surface area contributed by atoms with Gasteiger partial charge in [-0.2, -0.15) is 0 Å². The molecule has 0 saturated carbocycles. The molecule has 14 heavy (non-hydrogen) atoms. The molecule has 2 amide bonds. The molecule has 1 rings (SSSR count). The van der Waals surface area contributed by atoms with E-state index in [1.807, 2.05) is 12.1 Å². The number of urea groups is 1. The normalized spacial score (nSPS) is 9.93. The average molecular weight is 193 g/mol. The Bertz CT molecular complexity index is 306. The van der Waals surface area contributed by atoms with E-state index < -0.39 is 6.03 Å². The van der Waals surface area contributed by atoms with Crippen LogP contribution in [0.5, 0.6) is 0 Å². The van der Waals surface area contributed by atoms with Gasteiger partial charge in [-0.3, -0.25) is 0 Å². The van der Waals surface area contributed by atoms with E-state index in [1.165, 1.54) is 0 Å². The highest BCUT2D eigenvalue weighted by molar-refractivity contribution is 5.87. The van der Waals surface area contributed by atoms with Crippen molar-refractivity contribution in [1.82, 2.24) is 0 Å². The fraction of sp³-hybridized carbons (Fsp3) is 0.300. The zero-order valence-corrected chi connectivity index (χ0v) is 8.37. The van der Waals surface area contributed by atoms with Crippen molar-refractivity contribution in [2.75, 3.05) is 10.6 Å². The standard InChI is InChI=1S/C10H15N3O/c1-7(2)12-8-3-5-9(6-4-8)13-10(11)14/h3-7,12H,1-2H3,(H3,11,13,14). The van der Waals surface area contributed by atoms with Crippen LogP contribution in [0, 0.1) is 0 Å². The van der Waals surface area contributed by atoms with Gasteiger partial charge < -0.3 is 16.4 Å². The summed E-state index contributed by atoms with van der Waals surface area (Å²) in [5, 5.41) is 5.74. The van der Waals surface area contributed by atoms with Crippen LogP contribution in [0.2, 0.25) is 0 Å². The zero-order valence-electron chi connectivity index (χ0n) is 8.37. The fourth-order valence-corrected chi connectivity index (χ4v) is 1.13. The predicted molar refractivity (Wildman–Crippen MR) is 58.4 cm³/mol. The van der Waals surface area contributed by atoms with Gasteiger partial charge in [0.25, 0.3) is 0 Å². The molecule has 0 atom stereocenters. The maximum atomic E-state index is 10.5. The van der Waals surface area contributed by atoms with E-state index in [9.17, 15) is 4.79 Å². The second-order valence-corrected chi connectivity index (χ2v) is 3.37. The van der Waals surface area contributed by atoms with Crippen molar-refractivity contribution in [3.05, 3.63) is 24.3 Å². The van der Waals surface area contributed by atoms with Crippen LogP contribution in [-0.2, 0) is 0 Å².